The second-order valence-corrected chi connectivity index (χ2v) is 8.40. The number of hydrogen-bond acceptors (Lipinski definition) is 5. The maximum absolute atomic E-state index is 12.0. The number of hydrogen-bond donors (Lipinski definition) is 0. The molecule has 0 spiro atoms. The lowest BCUT2D eigenvalue weighted by atomic mass is 9.88. The summed E-state index contributed by atoms with van der Waals surface area (Å²) in [6.45, 7) is 10.4. The van der Waals surface area contributed by atoms with Gasteiger partial charge in [-0.15, -0.1) is 0 Å². The molecule has 2 saturated heterocycles. The molecule has 0 aromatic rings. The number of nitrogens with zero attached hydrogens (tertiary/aromatic N) is 3. The molecule has 1 unspecified atom stereocenters. The van der Waals surface area contributed by atoms with Crippen molar-refractivity contribution in [2.45, 2.75) is 77.7 Å². The van der Waals surface area contributed by atoms with Crippen LogP contribution in [0.1, 0.15) is 71.6 Å². The van der Waals surface area contributed by atoms with Crippen LogP contribution in [0.5, 0.6) is 0 Å². The predicted molar refractivity (Wildman–Crippen MR) is 119 cm³/mol. The topological polar surface area (TPSA) is 54.4 Å². The first kappa shape index (κ1) is 24.1. The molecule has 2 fully saturated rings. The Bertz CT molecular complexity index is 490. The number of methoxy groups -OCH3 is 1. The molecule has 0 radical (unpaired) electrons. The van der Waals surface area contributed by atoms with Gasteiger partial charge in [0.25, 0.3) is 0 Å². The van der Waals surface area contributed by atoms with Gasteiger partial charge in [-0.2, -0.15) is 0 Å². The van der Waals surface area contributed by atoms with Gasteiger partial charge in [-0.1, -0.05) is 13.3 Å². The van der Waals surface area contributed by atoms with Crippen LogP contribution >= 0.6 is 0 Å². The van der Waals surface area contributed by atoms with Crippen molar-refractivity contribution < 1.29 is 14.3 Å². The molecule has 0 aromatic carbocycles. The molecule has 2 aliphatic rings. The van der Waals surface area contributed by atoms with Crippen molar-refractivity contribution in [1.82, 2.24) is 9.80 Å². The number of carbonyl (C=O) groups is 1. The molecule has 0 bridgehead atoms. The summed E-state index contributed by atoms with van der Waals surface area (Å²) in [5.41, 5.74) is 1.46. The van der Waals surface area contributed by atoms with Gasteiger partial charge < -0.3 is 19.3 Å². The van der Waals surface area contributed by atoms with E-state index >= 15 is 0 Å². The molecule has 2 heterocycles. The highest BCUT2D eigenvalue weighted by Crippen LogP contribution is 2.26. The maximum atomic E-state index is 12.0. The SMILES string of the molecule is CCCC(=NCCCCOC)C1CCN(C2CCCN(C(=O)OCC)CC2)CC1. The number of carbonyl (C=O) groups excluding carboxylic acids is 1. The largest absolute Gasteiger partial charge is 0.450 e. The average molecular weight is 410 g/mol. The molecule has 0 aromatic heterocycles. The normalized spacial score (nSPS) is 22.5. The Morgan fingerprint density at radius 3 is 2.52 bits per heavy atom. The third kappa shape index (κ3) is 8.25. The fourth-order valence-corrected chi connectivity index (χ4v) is 4.69. The quantitative estimate of drug-likeness (QED) is 0.397. The van der Waals surface area contributed by atoms with E-state index in [9.17, 15) is 4.79 Å². The number of ether oxygens (including phenoxy) is 2. The van der Waals surface area contributed by atoms with Gasteiger partial charge in [0.2, 0.25) is 0 Å². The molecule has 0 aliphatic carbocycles. The smallest absolute Gasteiger partial charge is 0.409 e. The van der Waals surface area contributed by atoms with Crippen molar-refractivity contribution in [3.8, 4) is 0 Å². The van der Waals surface area contributed by atoms with E-state index in [0.717, 1.165) is 58.3 Å². The molecule has 1 atom stereocenters. The number of piperidine rings is 1. The van der Waals surface area contributed by atoms with Crippen molar-refractivity contribution in [1.29, 1.82) is 0 Å². The zero-order valence-electron chi connectivity index (χ0n) is 19.0. The Morgan fingerprint density at radius 2 is 1.83 bits per heavy atom. The maximum Gasteiger partial charge on any atom is 0.409 e. The third-order valence-corrected chi connectivity index (χ3v) is 6.32. The van der Waals surface area contributed by atoms with Gasteiger partial charge in [-0.25, -0.2) is 4.79 Å². The first-order valence-corrected chi connectivity index (χ1v) is 11.9. The number of aliphatic imine (C=N–C) groups is 1. The number of unbranched alkanes of at least 4 members (excludes halogenated alkanes) is 1. The molecule has 0 saturated carbocycles. The molecule has 6 heteroatoms. The highest BCUT2D eigenvalue weighted by atomic mass is 16.6. The summed E-state index contributed by atoms with van der Waals surface area (Å²) in [6, 6.07) is 0.607. The van der Waals surface area contributed by atoms with E-state index in [1.165, 1.54) is 44.5 Å². The summed E-state index contributed by atoms with van der Waals surface area (Å²) in [5, 5.41) is 0. The van der Waals surface area contributed by atoms with Gasteiger partial charge in [-0.3, -0.25) is 4.99 Å². The lowest BCUT2D eigenvalue weighted by molar-refractivity contribution is 0.105. The zero-order valence-corrected chi connectivity index (χ0v) is 19.0. The van der Waals surface area contributed by atoms with Crippen molar-refractivity contribution in [2.75, 3.05) is 53.0 Å². The minimum atomic E-state index is -0.141. The lowest BCUT2D eigenvalue weighted by Gasteiger charge is -2.37. The summed E-state index contributed by atoms with van der Waals surface area (Å²) in [7, 11) is 1.77. The minimum absolute atomic E-state index is 0.141. The van der Waals surface area contributed by atoms with E-state index in [-0.39, 0.29) is 6.09 Å². The van der Waals surface area contributed by atoms with Crippen LogP contribution in [0.2, 0.25) is 0 Å². The molecule has 2 rings (SSSR count). The van der Waals surface area contributed by atoms with E-state index in [1.807, 2.05) is 11.8 Å². The molecule has 6 nitrogen and oxygen atoms in total. The van der Waals surface area contributed by atoms with E-state index in [0.29, 0.717) is 18.6 Å². The van der Waals surface area contributed by atoms with E-state index in [4.69, 9.17) is 14.5 Å². The summed E-state index contributed by atoms with van der Waals surface area (Å²) < 4.78 is 10.3. The standard InChI is InChI=1S/C23H43N3O3/c1-4-9-22(24-14-6-7-19-28-3)20-11-16-25(17-12-20)21-10-8-15-26(18-13-21)23(27)29-5-2/h20-21H,4-19H2,1-3H3. The van der Waals surface area contributed by atoms with Crippen molar-refractivity contribution >= 4 is 11.8 Å². The fraction of sp³-hybridized carbons (Fsp3) is 0.913. The van der Waals surface area contributed by atoms with Gasteiger partial charge in [0.05, 0.1) is 6.61 Å². The first-order chi connectivity index (χ1) is 14.2. The Kier molecular flexibility index (Phi) is 11.6. The van der Waals surface area contributed by atoms with Gasteiger partial charge in [-0.05, 0) is 77.3 Å². The minimum Gasteiger partial charge on any atom is -0.450 e. The lowest BCUT2D eigenvalue weighted by Crippen LogP contribution is -2.43. The van der Waals surface area contributed by atoms with Crippen molar-refractivity contribution in [3.63, 3.8) is 0 Å². The van der Waals surface area contributed by atoms with E-state index in [1.54, 1.807) is 7.11 Å². The predicted octanol–water partition coefficient (Wildman–Crippen LogP) is 4.38. The van der Waals surface area contributed by atoms with E-state index < -0.39 is 0 Å². The molecule has 1 amide bonds. The van der Waals surface area contributed by atoms with Gasteiger partial charge in [0, 0.05) is 45.1 Å². The molecule has 29 heavy (non-hydrogen) atoms. The van der Waals surface area contributed by atoms with Crippen molar-refractivity contribution in [3.05, 3.63) is 0 Å². The second-order valence-electron chi connectivity index (χ2n) is 8.40. The molecular formula is C23H43N3O3. The third-order valence-electron chi connectivity index (χ3n) is 6.32. The highest BCUT2D eigenvalue weighted by molar-refractivity contribution is 5.86. The van der Waals surface area contributed by atoms with Crippen LogP contribution in [0, 0.1) is 5.92 Å². The Labute approximate surface area is 178 Å². The summed E-state index contributed by atoms with van der Waals surface area (Å²) in [5.74, 6) is 0.662. The second kappa shape index (κ2) is 14.0. The number of rotatable bonds is 10. The van der Waals surface area contributed by atoms with Crippen LogP contribution < -0.4 is 0 Å². The van der Waals surface area contributed by atoms with Crippen molar-refractivity contribution in [2.24, 2.45) is 10.9 Å². The van der Waals surface area contributed by atoms with Crippen LogP contribution in [-0.4, -0.2) is 80.7 Å². The van der Waals surface area contributed by atoms with Gasteiger partial charge in [0.15, 0.2) is 0 Å². The summed E-state index contributed by atoms with van der Waals surface area (Å²) >= 11 is 0. The molecular weight excluding hydrogens is 366 g/mol. The molecule has 2 aliphatic heterocycles. The molecule has 0 N–H and O–H groups in total. The van der Waals surface area contributed by atoms with E-state index in [2.05, 4.69) is 11.8 Å². The summed E-state index contributed by atoms with van der Waals surface area (Å²) in [4.78, 5) is 21.6. The highest BCUT2D eigenvalue weighted by Gasteiger charge is 2.29. The van der Waals surface area contributed by atoms with Crippen LogP contribution in [0.3, 0.4) is 0 Å². The summed E-state index contributed by atoms with van der Waals surface area (Å²) in [6.07, 6.45) is 10.2. The Balaban J connectivity index is 1.79. The zero-order chi connectivity index (χ0) is 20.9. The Hall–Kier alpha value is -1.14. The first-order valence-electron chi connectivity index (χ1n) is 11.9. The van der Waals surface area contributed by atoms with Crippen LogP contribution in [0.25, 0.3) is 0 Å². The Morgan fingerprint density at radius 1 is 1.03 bits per heavy atom. The van der Waals surface area contributed by atoms with Crippen LogP contribution in [0.15, 0.2) is 4.99 Å². The van der Waals surface area contributed by atoms with Gasteiger partial charge in [0.1, 0.15) is 0 Å². The van der Waals surface area contributed by atoms with Crippen LogP contribution in [-0.2, 0) is 9.47 Å². The number of amides is 1. The number of likely N-dealkylation sites (tertiary alicyclic amines) is 2. The average Bonchev–Trinajstić information content (AvgIpc) is 2.99. The monoisotopic (exact) mass is 409 g/mol. The fourth-order valence-electron chi connectivity index (χ4n) is 4.69. The molecule has 168 valence electrons. The van der Waals surface area contributed by atoms with Crippen LogP contribution in [0.4, 0.5) is 4.79 Å². The van der Waals surface area contributed by atoms with Gasteiger partial charge >= 0.3 is 6.09 Å².